The number of hydrogen-bond acceptors (Lipinski definition) is 3. The number of carbonyl (C=O) groups excluding carboxylic acids is 1. The lowest BCUT2D eigenvalue weighted by Crippen LogP contribution is -2.42. The maximum atomic E-state index is 13.1. The van der Waals surface area contributed by atoms with Crippen molar-refractivity contribution in [2.75, 3.05) is 0 Å². The van der Waals surface area contributed by atoms with Gasteiger partial charge >= 0.3 is 0 Å². The zero-order valence-corrected chi connectivity index (χ0v) is 13.4. The molecule has 2 atom stereocenters. The molecule has 3 rings (SSSR count). The van der Waals surface area contributed by atoms with Crippen LogP contribution in [0, 0.1) is 11.6 Å². The van der Waals surface area contributed by atoms with Crippen LogP contribution in [0.25, 0.3) is 0 Å². The molecule has 2 aromatic carbocycles. The molecular weight excluding hydrogens is 336 g/mol. The molecule has 4 nitrogen and oxygen atoms in total. The second-order valence-electron chi connectivity index (χ2n) is 5.68. The van der Waals surface area contributed by atoms with Crippen molar-refractivity contribution in [2.45, 2.75) is 25.0 Å². The fraction of sp³-hybridized carbons (Fsp3) is 0.235. The standard InChI is InChI=1S/C17H16ClF2N3O/c18-12-3-1-11(2-4-12)15-8-16(23-22-15)17(24)21-9-10-5-13(19)7-14(20)6-10/h1-7,15-16,22-23H,8-9H2,(H,21,24). The normalized spacial score (nSPS) is 20.1. The van der Waals surface area contributed by atoms with E-state index in [0.717, 1.165) is 11.6 Å². The molecule has 1 amide bonds. The van der Waals surface area contributed by atoms with E-state index in [4.69, 9.17) is 11.6 Å². The summed E-state index contributed by atoms with van der Waals surface area (Å²) < 4.78 is 26.3. The van der Waals surface area contributed by atoms with Gasteiger partial charge in [0.05, 0.1) is 0 Å². The lowest BCUT2D eigenvalue weighted by molar-refractivity contribution is -0.123. The molecule has 126 valence electrons. The number of rotatable bonds is 4. The first-order valence-electron chi connectivity index (χ1n) is 7.50. The number of halogens is 3. The fourth-order valence-corrected chi connectivity index (χ4v) is 2.79. The van der Waals surface area contributed by atoms with Gasteiger partial charge in [-0.05, 0) is 41.8 Å². The molecule has 0 aliphatic carbocycles. The van der Waals surface area contributed by atoms with Crippen molar-refractivity contribution < 1.29 is 13.6 Å². The van der Waals surface area contributed by atoms with E-state index < -0.39 is 17.7 Å². The number of benzene rings is 2. The molecule has 7 heteroatoms. The zero-order valence-electron chi connectivity index (χ0n) is 12.7. The number of carbonyl (C=O) groups is 1. The highest BCUT2D eigenvalue weighted by Crippen LogP contribution is 2.23. The molecule has 1 aliphatic rings. The molecule has 1 heterocycles. The Morgan fingerprint density at radius 3 is 2.46 bits per heavy atom. The predicted molar refractivity (Wildman–Crippen MR) is 87.1 cm³/mol. The summed E-state index contributed by atoms with van der Waals surface area (Å²) in [5.74, 6) is -1.56. The van der Waals surface area contributed by atoms with Crippen molar-refractivity contribution in [3.8, 4) is 0 Å². The summed E-state index contributed by atoms with van der Waals surface area (Å²) in [6.45, 7) is 0.0668. The third kappa shape index (κ3) is 4.08. The lowest BCUT2D eigenvalue weighted by atomic mass is 10.0. The maximum Gasteiger partial charge on any atom is 0.238 e. The molecule has 1 fully saturated rings. The third-order valence-electron chi connectivity index (χ3n) is 3.88. The monoisotopic (exact) mass is 351 g/mol. The van der Waals surface area contributed by atoms with E-state index in [1.54, 1.807) is 12.1 Å². The molecule has 3 N–H and O–H groups in total. The van der Waals surface area contributed by atoms with Crippen molar-refractivity contribution in [3.05, 3.63) is 70.2 Å². The quantitative estimate of drug-likeness (QED) is 0.794. The first-order valence-corrected chi connectivity index (χ1v) is 7.88. The van der Waals surface area contributed by atoms with Crippen LogP contribution in [0.4, 0.5) is 8.78 Å². The average Bonchev–Trinajstić information content (AvgIpc) is 3.02. The Morgan fingerprint density at radius 1 is 1.12 bits per heavy atom. The van der Waals surface area contributed by atoms with Crippen LogP contribution in [0.5, 0.6) is 0 Å². The van der Waals surface area contributed by atoms with Gasteiger partial charge in [-0.25, -0.2) is 19.6 Å². The minimum atomic E-state index is -0.664. The van der Waals surface area contributed by atoms with Crippen LogP contribution in [-0.2, 0) is 11.3 Å². The van der Waals surface area contributed by atoms with Gasteiger partial charge in [-0.1, -0.05) is 23.7 Å². The van der Waals surface area contributed by atoms with Crippen LogP contribution in [0.2, 0.25) is 5.02 Å². The Labute approximate surface area is 143 Å². The molecule has 24 heavy (non-hydrogen) atoms. The number of amides is 1. The highest BCUT2D eigenvalue weighted by atomic mass is 35.5. The van der Waals surface area contributed by atoms with Crippen molar-refractivity contribution in [1.82, 2.24) is 16.2 Å². The van der Waals surface area contributed by atoms with Gasteiger partial charge in [-0.3, -0.25) is 4.79 Å². The number of hydrazine groups is 1. The highest BCUT2D eigenvalue weighted by molar-refractivity contribution is 6.30. The second kappa shape index (κ2) is 7.25. The number of nitrogens with one attached hydrogen (secondary N) is 3. The van der Waals surface area contributed by atoms with Gasteiger partial charge < -0.3 is 5.32 Å². The summed E-state index contributed by atoms with van der Waals surface area (Å²) in [4.78, 5) is 12.2. The lowest BCUT2D eigenvalue weighted by Gasteiger charge is -2.11. The van der Waals surface area contributed by atoms with Crippen LogP contribution in [0.1, 0.15) is 23.6 Å². The topological polar surface area (TPSA) is 53.2 Å². The van der Waals surface area contributed by atoms with E-state index in [9.17, 15) is 13.6 Å². The smallest absolute Gasteiger partial charge is 0.238 e. The Hall–Kier alpha value is -2.02. The van der Waals surface area contributed by atoms with E-state index >= 15 is 0 Å². The largest absolute Gasteiger partial charge is 0.351 e. The van der Waals surface area contributed by atoms with Gasteiger partial charge in [0, 0.05) is 23.7 Å². The van der Waals surface area contributed by atoms with Crippen LogP contribution in [0.3, 0.4) is 0 Å². The number of hydrogen-bond donors (Lipinski definition) is 3. The molecule has 0 spiro atoms. The minimum absolute atomic E-state index is 0.00960. The summed E-state index contributed by atoms with van der Waals surface area (Å²) in [7, 11) is 0. The molecule has 1 saturated heterocycles. The van der Waals surface area contributed by atoms with Gasteiger partial charge in [0.25, 0.3) is 0 Å². The van der Waals surface area contributed by atoms with Gasteiger partial charge in [0.2, 0.25) is 5.91 Å². The van der Waals surface area contributed by atoms with Gasteiger partial charge in [0.1, 0.15) is 17.7 Å². The molecule has 0 radical (unpaired) electrons. The second-order valence-corrected chi connectivity index (χ2v) is 6.11. The summed E-state index contributed by atoms with van der Waals surface area (Å²) in [6, 6.07) is 10.1. The Bertz CT molecular complexity index is 719. The average molecular weight is 352 g/mol. The van der Waals surface area contributed by atoms with E-state index in [1.165, 1.54) is 12.1 Å². The minimum Gasteiger partial charge on any atom is -0.351 e. The Kier molecular flexibility index (Phi) is 5.08. The molecule has 2 unspecified atom stereocenters. The summed E-state index contributed by atoms with van der Waals surface area (Å²) >= 11 is 5.87. The first kappa shape index (κ1) is 16.8. The zero-order chi connectivity index (χ0) is 17.1. The van der Waals surface area contributed by atoms with E-state index in [1.807, 2.05) is 12.1 Å². The summed E-state index contributed by atoms with van der Waals surface area (Å²) in [5, 5.41) is 3.33. The van der Waals surface area contributed by atoms with Crippen molar-refractivity contribution >= 4 is 17.5 Å². The van der Waals surface area contributed by atoms with Gasteiger partial charge in [-0.15, -0.1) is 0 Å². The van der Waals surface area contributed by atoms with Crippen molar-refractivity contribution in [3.63, 3.8) is 0 Å². The van der Waals surface area contributed by atoms with Crippen LogP contribution in [0.15, 0.2) is 42.5 Å². The highest BCUT2D eigenvalue weighted by Gasteiger charge is 2.29. The van der Waals surface area contributed by atoms with Crippen molar-refractivity contribution in [1.29, 1.82) is 0 Å². The van der Waals surface area contributed by atoms with E-state index in [0.29, 0.717) is 17.0 Å². The van der Waals surface area contributed by atoms with Crippen LogP contribution < -0.4 is 16.2 Å². The van der Waals surface area contributed by atoms with E-state index in [2.05, 4.69) is 16.2 Å². The van der Waals surface area contributed by atoms with Crippen LogP contribution >= 0.6 is 11.6 Å². The summed E-state index contributed by atoms with van der Waals surface area (Å²) in [6.07, 6.45) is 0.560. The summed E-state index contributed by atoms with van der Waals surface area (Å²) in [5.41, 5.74) is 7.40. The Morgan fingerprint density at radius 2 is 1.79 bits per heavy atom. The molecule has 2 aromatic rings. The Balaban J connectivity index is 1.55. The van der Waals surface area contributed by atoms with Crippen molar-refractivity contribution in [2.24, 2.45) is 0 Å². The predicted octanol–water partition coefficient (Wildman–Crippen LogP) is 2.84. The van der Waals surface area contributed by atoms with Gasteiger partial charge in [-0.2, -0.15) is 0 Å². The maximum absolute atomic E-state index is 13.1. The SMILES string of the molecule is O=C(NCc1cc(F)cc(F)c1)C1CC(c2ccc(Cl)cc2)NN1. The molecule has 0 aromatic heterocycles. The molecular formula is C17H16ClF2N3O. The molecule has 0 saturated carbocycles. The fourth-order valence-electron chi connectivity index (χ4n) is 2.67. The third-order valence-corrected chi connectivity index (χ3v) is 4.13. The molecule has 1 aliphatic heterocycles. The first-order chi connectivity index (χ1) is 11.5. The van der Waals surface area contributed by atoms with E-state index in [-0.39, 0.29) is 18.5 Å². The van der Waals surface area contributed by atoms with Gasteiger partial charge in [0.15, 0.2) is 0 Å². The van der Waals surface area contributed by atoms with Crippen LogP contribution in [-0.4, -0.2) is 11.9 Å². The molecule has 0 bridgehead atoms.